The Morgan fingerprint density at radius 1 is 1.56 bits per heavy atom. The van der Waals surface area contributed by atoms with Crippen LogP contribution in [0.25, 0.3) is 0 Å². The fourth-order valence-corrected chi connectivity index (χ4v) is 2.61. The Morgan fingerprint density at radius 3 is 3.06 bits per heavy atom. The maximum Gasteiger partial charge on any atom is 0.186 e. The van der Waals surface area contributed by atoms with Crippen molar-refractivity contribution in [1.29, 1.82) is 0 Å². The highest BCUT2D eigenvalue weighted by Gasteiger charge is 2.10. The minimum Gasteiger partial charge on any atom is -0.293 e. The van der Waals surface area contributed by atoms with Crippen molar-refractivity contribution in [2.45, 2.75) is 6.54 Å². The monoisotopic (exact) mass is 252 g/mol. The van der Waals surface area contributed by atoms with E-state index in [0.29, 0.717) is 6.54 Å². The molecule has 2 aromatic rings. The Morgan fingerprint density at radius 2 is 2.44 bits per heavy atom. The van der Waals surface area contributed by atoms with Crippen LogP contribution >= 0.6 is 22.7 Å². The molecule has 84 valence electrons. The van der Waals surface area contributed by atoms with Gasteiger partial charge in [-0.15, -0.1) is 22.7 Å². The Bertz CT molecular complexity index is 437. The number of carbonyl (C=O) groups is 1. The first-order chi connectivity index (χ1) is 7.75. The van der Waals surface area contributed by atoms with Gasteiger partial charge in [0.25, 0.3) is 0 Å². The van der Waals surface area contributed by atoms with Gasteiger partial charge in [0.2, 0.25) is 0 Å². The Kier molecular flexibility index (Phi) is 3.82. The van der Waals surface area contributed by atoms with E-state index in [2.05, 4.69) is 4.98 Å². The fraction of sp³-hybridized carbons (Fsp3) is 0.273. The van der Waals surface area contributed by atoms with E-state index in [9.17, 15) is 4.79 Å². The van der Waals surface area contributed by atoms with Crippen LogP contribution in [0.4, 0.5) is 0 Å². The Labute approximate surface area is 102 Å². The van der Waals surface area contributed by atoms with Crippen molar-refractivity contribution >= 4 is 28.5 Å². The number of rotatable bonds is 5. The summed E-state index contributed by atoms with van der Waals surface area (Å²) in [5, 5.41) is 3.93. The molecule has 0 aromatic carbocycles. The molecule has 2 aromatic heterocycles. The van der Waals surface area contributed by atoms with Gasteiger partial charge in [-0.05, 0) is 18.5 Å². The van der Waals surface area contributed by atoms with Crippen LogP contribution in [0.5, 0.6) is 0 Å². The average molecular weight is 252 g/mol. The van der Waals surface area contributed by atoms with Crippen LogP contribution in [0.15, 0.2) is 28.4 Å². The highest BCUT2D eigenvalue weighted by Crippen LogP contribution is 2.11. The van der Waals surface area contributed by atoms with Gasteiger partial charge in [0.1, 0.15) is 0 Å². The number of nitrogens with zero attached hydrogens (tertiary/aromatic N) is 2. The molecule has 0 amide bonds. The smallest absolute Gasteiger partial charge is 0.186 e. The largest absolute Gasteiger partial charge is 0.293 e. The minimum absolute atomic E-state index is 0.174. The molecule has 3 nitrogen and oxygen atoms in total. The molecular weight excluding hydrogens is 240 g/mol. The van der Waals surface area contributed by atoms with E-state index < -0.39 is 0 Å². The molecule has 2 heterocycles. The number of ketones is 1. The van der Waals surface area contributed by atoms with Crippen molar-refractivity contribution < 1.29 is 4.79 Å². The Balaban J connectivity index is 1.88. The molecule has 0 unspecified atom stereocenters. The van der Waals surface area contributed by atoms with Gasteiger partial charge in [-0.25, -0.2) is 4.98 Å². The minimum atomic E-state index is 0.174. The van der Waals surface area contributed by atoms with E-state index in [1.807, 2.05) is 40.4 Å². The van der Waals surface area contributed by atoms with E-state index in [1.54, 1.807) is 11.3 Å². The lowest BCUT2D eigenvalue weighted by Gasteiger charge is -2.13. The molecule has 0 aliphatic heterocycles. The fourth-order valence-electron chi connectivity index (χ4n) is 1.41. The maximum atomic E-state index is 11.8. The summed E-state index contributed by atoms with van der Waals surface area (Å²) in [5.74, 6) is 0.174. The number of Topliss-reactive ketones (excluding diaryl/α,β-unsaturated/α-hetero) is 1. The molecule has 5 heteroatoms. The molecule has 0 aliphatic rings. The quantitative estimate of drug-likeness (QED) is 0.767. The first kappa shape index (κ1) is 11.4. The molecule has 0 saturated carbocycles. The summed E-state index contributed by atoms with van der Waals surface area (Å²) in [6, 6.07) is 3.77. The molecular formula is C11H12N2OS2. The standard InChI is InChI=1S/C11H12N2OS2/c1-13(5-9-7-15-8-12-9)6-10(14)11-3-2-4-16-11/h2-4,7-8H,5-6H2,1H3. The van der Waals surface area contributed by atoms with Crippen LogP contribution < -0.4 is 0 Å². The number of aromatic nitrogens is 1. The van der Waals surface area contributed by atoms with Gasteiger partial charge in [-0.2, -0.15) is 0 Å². The third-order valence-corrected chi connectivity index (χ3v) is 3.67. The third kappa shape index (κ3) is 2.98. The lowest BCUT2D eigenvalue weighted by Crippen LogP contribution is -2.25. The molecule has 0 spiro atoms. The van der Waals surface area contributed by atoms with Crippen molar-refractivity contribution in [3.8, 4) is 0 Å². The van der Waals surface area contributed by atoms with Gasteiger partial charge in [-0.3, -0.25) is 9.69 Å². The van der Waals surface area contributed by atoms with Crippen LogP contribution in [-0.4, -0.2) is 29.3 Å². The van der Waals surface area contributed by atoms with Crippen LogP contribution in [0.2, 0.25) is 0 Å². The maximum absolute atomic E-state index is 11.8. The molecule has 0 fully saturated rings. The van der Waals surface area contributed by atoms with E-state index in [4.69, 9.17) is 0 Å². The van der Waals surface area contributed by atoms with Crippen LogP contribution in [-0.2, 0) is 6.54 Å². The highest BCUT2D eigenvalue weighted by atomic mass is 32.1. The zero-order valence-electron chi connectivity index (χ0n) is 8.92. The average Bonchev–Trinajstić information content (AvgIpc) is 2.88. The summed E-state index contributed by atoms with van der Waals surface area (Å²) in [6.07, 6.45) is 0. The van der Waals surface area contributed by atoms with Crippen molar-refractivity contribution in [2.75, 3.05) is 13.6 Å². The van der Waals surface area contributed by atoms with E-state index >= 15 is 0 Å². The zero-order chi connectivity index (χ0) is 11.4. The number of carbonyl (C=O) groups excluding carboxylic acids is 1. The topological polar surface area (TPSA) is 33.2 Å². The third-order valence-electron chi connectivity index (χ3n) is 2.12. The predicted octanol–water partition coefficient (Wildman–Crippen LogP) is 2.52. The number of hydrogen-bond donors (Lipinski definition) is 0. The lowest BCUT2D eigenvalue weighted by atomic mass is 10.3. The van der Waals surface area contributed by atoms with Crippen LogP contribution in [0.3, 0.4) is 0 Å². The molecule has 0 bridgehead atoms. The Hall–Kier alpha value is -1.04. The number of hydrogen-bond acceptors (Lipinski definition) is 5. The second-order valence-corrected chi connectivity index (χ2v) is 5.22. The summed E-state index contributed by atoms with van der Waals surface area (Å²) >= 11 is 3.07. The molecule has 0 radical (unpaired) electrons. The summed E-state index contributed by atoms with van der Waals surface area (Å²) < 4.78 is 0. The van der Waals surface area contributed by atoms with Gasteiger partial charge in [0.05, 0.1) is 22.6 Å². The number of likely N-dealkylation sites (N-methyl/N-ethyl adjacent to an activating group) is 1. The van der Waals surface area contributed by atoms with Gasteiger partial charge in [0, 0.05) is 11.9 Å². The highest BCUT2D eigenvalue weighted by molar-refractivity contribution is 7.12. The number of thiophene rings is 1. The van der Waals surface area contributed by atoms with E-state index in [0.717, 1.165) is 17.1 Å². The van der Waals surface area contributed by atoms with Crippen molar-refractivity contribution in [3.05, 3.63) is 39.0 Å². The number of thiazole rings is 1. The first-order valence-corrected chi connectivity index (χ1v) is 6.70. The van der Waals surface area contributed by atoms with Crippen molar-refractivity contribution in [1.82, 2.24) is 9.88 Å². The van der Waals surface area contributed by atoms with E-state index in [-0.39, 0.29) is 5.78 Å². The van der Waals surface area contributed by atoms with Gasteiger partial charge >= 0.3 is 0 Å². The molecule has 0 N–H and O–H groups in total. The molecule has 2 rings (SSSR count). The lowest BCUT2D eigenvalue weighted by molar-refractivity contribution is 0.0946. The molecule has 0 aliphatic carbocycles. The van der Waals surface area contributed by atoms with Crippen molar-refractivity contribution in [2.24, 2.45) is 0 Å². The van der Waals surface area contributed by atoms with Gasteiger partial charge in [-0.1, -0.05) is 6.07 Å². The van der Waals surface area contributed by atoms with Crippen LogP contribution in [0, 0.1) is 0 Å². The summed E-state index contributed by atoms with van der Waals surface area (Å²) in [6.45, 7) is 1.17. The molecule has 0 saturated heterocycles. The first-order valence-electron chi connectivity index (χ1n) is 4.88. The second-order valence-electron chi connectivity index (χ2n) is 3.55. The summed E-state index contributed by atoms with van der Waals surface area (Å²) in [5.41, 5.74) is 2.83. The normalized spacial score (nSPS) is 10.9. The van der Waals surface area contributed by atoms with Gasteiger partial charge in [0.15, 0.2) is 5.78 Å². The van der Waals surface area contributed by atoms with E-state index in [1.165, 1.54) is 11.3 Å². The molecule has 16 heavy (non-hydrogen) atoms. The predicted molar refractivity (Wildman–Crippen MR) is 67.1 cm³/mol. The summed E-state index contributed by atoms with van der Waals surface area (Å²) in [7, 11) is 1.94. The second kappa shape index (κ2) is 5.34. The van der Waals surface area contributed by atoms with Crippen molar-refractivity contribution in [3.63, 3.8) is 0 Å². The SMILES string of the molecule is CN(CC(=O)c1cccs1)Cc1cscn1. The summed E-state index contributed by atoms with van der Waals surface area (Å²) in [4.78, 5) is 18.8. The molecule has 0 atom stereocenters. The van der Waals surface area contributed by atoms with Crippen LogP contribution in [0.1, 0.15) is 15.4 Å². The van der Waals surface area contributed by atoms with Gasteiger partial charge < -0.3 is 0 Å². The zero-order valence-corrected chi connectivity index (χ0v) is 10.6.